The van der Waals surface area contributed by atoms with Crippen LogP contribution in [0.4, 0.5) is 0 Å². The third-order valence-electron chi connectivity index (χ3n) is 2.21. The van der Waals surface area contributed by atoms with Gasteiger partial charge >= 0.3 is 0 Å². The van der Waals surface area contributed by atoms with E-state index >= 15 is 0 Å². The number of rotatable bonds is 3. The Morgan fingerprint density at radius 2 is 1.94 bits per heavy atom. The van der Waals surface area contributed by atoms with E-state index < -0.39 is 0 Å². The van der Waals surface area contributed by atoms with Crippen molar-refractivity contribution in [3.05, 3.63) is 23.9 Å². The lowest BCUT2D eigenvalue weighted by atomic mass is 10.3. The Morgan fingerprint density at radius 1 is 1.29 bits per heavy atom. The maximum atomic E-state index is 5.08. The molecule has 0 spiro atoms. The summed E-state index contributed by atoms with van der Waals surface area (Å²) in [6.07, 6.45) is 1.73. The molecule has 5 heteroatoms. The van der Waals surface area contributed by atoms with Crippen molar-refractivity contribution >= 4 is 5.96 Å². The molecule has 0 aliphatic carbocycles. The quantitative estimate of drug-likeness (QED) is 0.581. The number of hydrogen-bond donors (Lipinski definition) is 0. The first kappa shape index (κ1) is 13.3. The van der Waals surface area contributed by atoms with Crippen molar-refractivity contribution in [2.45, 2.75) is 6.54 Å². The second-order valence-corrected chi connectivity index (χ2v) is 4.11. The van der Waals surface area contributed by atoms with Crippen LogP contribution in [0.5, 0.6) is 5.88 Å². The summed E-state index contributed by atoms with van der Waals surface area (Å²) in [5.74, 6) is 1.55. The number of hydrogen-bond acceptors (Lipinski definition) is 3. The first-order valence-corrected chi connectivity index (χ1v) is 5.42. The molecule has 0 unspecified atom stereocenters. The summed E-state index contributed by atoms with van der Waals surface area (Å²) >= 11 is 0. The molecule has 1 rings (SSSR count). The second kappa shape index (κ2) is 6.08. The molecular formula is C12H20N4O. The SMILES string of the molecule is COc1cc(CN=C(N(C)C)N(C)C)ccn1. The van der Waals surface area contributed by atoms with Gasteiger partial charge in [0.15, 0.2) is 5.96 Å². The fourth-order valence-electron chi connectivity index (χ4n) is 1.51. The van der Waals surface area contributed by atoms with Crippen molar-refractivity contribution in [1.82, 2.24) is 14.8 Å². The molecule has 1 aromatic heterocycles. The van der Waals surface area contributed by atoms with E-state index in [-0.39, 0.29) is 0 Å². The summed E-state index contributed by atoms with van der Waals surface area (Å²) in [6.45, 7) is 0.616. The van der Waals surface area contributed by atoms with Gasteiger partial charge in [0.05, 0.1) is 13.7 Å². The molecule has 94 valence electrons. The normalized spacial score (nSPS) is 9.71. The van der Waals surface area contributed by atoms with Gasteiger partial charge in [0.2, 0.25) is 5.88 Å². The number of methoxy groups -OCH3 is 1. The van der Waals surface area contributed by atoms with E-state index in [1.807, 2.05) is 50.1 Å². The fourth-order valence-corrected chi connectivity index (χ4v) is 1.51. The number of aliphatic imine (C=N–C) groups is 1. The molecule has 1 heterocycles. The van der Waals surface area contributed by atoms with Crippen molar-refractivity contribution in [2.75, 3.05) is 35.3 Å². The van der Waals surface area contributed by atoms with Gasteiger partial charge in [-0.25, -0.2) is 9.98 Å². The number of ether oxygens (including phenoxy) is 1. The molecule has 5 nitrogen and oxygen atoms in total. The lowest BCUT2D eigenvalue weighted by molar-refractivity contribution is 0.397. The van der Waals surface area contributed by atoms with Crippen molar-refractivity contribution in [1.29, 1.82) is 0 Å². The predicted octanol–water partition coefficient (Wildman–Crippen LogP) is 1.07. The average Bonchev–Trinajstić information content (AvgIpc) is 2.28. The van der Waals surface area contributed by atoms with Gasteiger partial charge in [0.1, 0.15) is 0 Å². The van der Waals surface area contributed by atoms with Gasteiger partial charge in [-0.15, -0.1) is 0 Å². The zero-order chi connectivity index (χ0) is 12.8. The Hall–Kier alpha value is -1.78. The molecule has 0 atom stereocenters. The third kappa shape index (κ3) is 3.94. The van der Waals surface area contributed by atoms with Crippen molar-refractivity contribution < 1.29 is 4.74 Å². The Bertz CT molecular complexity index is 378. The van der Waals surface area contributed by atoms with Crippen LogP contribution in [0.15, 0.2) is 23.3 Å². The van der Waals surface area contributed by atoms with E-state index in [9.17, 15) is 0 Å². The molecule has 0 aliphatic heterocycles. The molecule has 0 aliphatic rings. The van der Waals surface area contributed by atoms with E-state index in [1.165, 1.54) is 0 Å². The average molecular weight is 236 g/mol. The second-order valence-electron chi connectivity index (χ2n) is 4.11. The van der Waals surface area contributed by atoms with Crippen LogP contribution in [-0.4, -0.2) is 56.0 Å². The topological polar surface area (TPSA) is 41.0 Å². The minimum Gasteiger partial charge on any atom is -0.481 e. The van der Waals surface area contributed by atoms with E-state index in [1.54, 1.807) is 13.3 Å². The standard InChI is InChI=1S/C12H20N4O/c1-15(2)12(16(3)4)14-9-10-6-7-13-11(8-10)17-5/h6-8H,9H2,1-5H3. The molecule has 1 aromatic rings. The van der Waals surface area contributed by atoms with Crippen LogP contribution in [0.2, 0.25) is 0 Å². The summed E-state index contributed by atoms with van der Waals surface area (Å²) < 4.78 is 5.08. The molecule has 0 bridgehead atoms. The molecule has 17 heavy (non-hydrogen) atoms. The number of guanidine groups is 1. The van der Waals surface area contributed by atoms with Gasteiger partial charge in [0.25, 0.3) is 0 Å². The zero-order valence-electron chi connectivity index (χ0n) is 11.1. The maximum Gasteiger partial charge on any atom is 0.213 e. The third-order valence-corrected chi connectivity index (χ3v) is 2.21. The van der Waals surface area contributed by atoms with E-state index in [4.69, 9.17) is 4.74 Å². The van der Waals surface area contributed by atoms with Gasteiger partial charge < -0.3 is 14.5 Å². The highest BCUT2D eigenvalue weighted by atomic mass is 16.5. The van der Waals surface area contributed by atoms with Crippen LogP contribution >= 0.6 is 0 Å². The Balaban J connectivity index is 2.79. The van der Waals surface area contributed by atoms with Gasteiger partial charge in [-0.3, -0.25) is 0 Å². The highest BCUT2D eigenvalue weighted by Gasteiger charge is 2.04. The molecular weight excluding hydrogens is 216 g/mol. The molecule has 0 saturated heterocycles. The number of aromatic nitrogens is 1. The predicted molar refractivity (Wildman–Crippen MR) is 69.3 cm³/mol. The Labute approximate surface area is 103 Å². The first-order valence-electron chi connectivity index (χ1n) is 5.42. The number of nitrogens with zero attached hydrogens (tertiary/aromatic N) is 4. The minimum atomic E-state index is 0.616. The van der Waals surface area contributed by atoms with Crippen LogP contribution < -0.4 is 4.74 Å². The van der Waals surface area contributed by atoms with Gasteiger partial charge in [-0.05, 0) is 11.6 Å². The van der Waals surface area contributed by atoms with E-state index in [0.29, 0.717) is 12.4 Å². The van der Waals surface area contributed by atoms with Crippen molar-refractivity contribution in [2.24, 2.45) is 4.99 Å². The highest BCUT2D eigenvalue weighted by Crippen LogP contribution is 2.09. The van der Waals surface area contributed by atoms with E-state index in [2.05, 4.69) is 9.98 Å². The summed E-state index contributed by atoms with van der Waals surface area (Å²) in [5.41, 5.74) is 1.08. The van der Waals surface area contributed by atoms with Crippen LogP contribution in [0.25, 0.3) is 0 Å². The molecule has 0 amide bonds. The zero-order valence-corrected chi connectivity index (χ0v) is 11.1. The molecule has 0 N–H and O–H groups in total. The summed E-state index contributed by atoms with van der Waals surface area (Å²) in [4.78, 5) is 12.6. The number of pyridine rings is 1. The molecule has 0 saturated carbocycles. The van der Waals surface area contributed by atoms with Crippen LogP contribution in [0.1, 0.15) is 5.56 Å². The maximum absolute atomic E-state index is 5.08. The van der Waals surface area contributed by atoms with Gasteiger partial charge in [0, 0.05) is 40.5 Å². The van der Waals surface area contributed by atoms with Crippen molar-refractivity contribution in [3.8, 4) is 5.88 Å². The van der Waals surface area contributed by atoms with Crippen LogP contribution in [0.3, 0.4) is 0 Å². The van der Waals surface area contributed by atoms with Crippen LogP contribution in [0, 0.1) is 0 Å². The lowest BCUT2D eigenvalue weighted by Crippen LogP contribution is -2.35. The molecule has 0 radical (unpaired) electrons. The first-order chi connectivity index (χ1) is 8.04. The largest absolute Gasteiger partial charge is 0.481 e. The lowest BCUT2D eigenvalue weighted by Gasteiger charge is -2.22. The summed E-state index contributed by atoms with van der Waals surface area (Å²) in [6, 6.07) is 3.83. The summed E-state index contributed by atoms with van der Waals surface area (Å²) in [7, 11) is 9.52. The highest BCUT2D eigenvalue weighted by molar-refractivity contribution is 5.79. The van der Waals surface area contributed by atoms with Gasteiger partial charge in [-0.1, -0.05) is 0 Å². The Kier molecular flexibility index (Phi) is 4.75. The van der Waals surface area contributed by atoms with Crippen molar-refractivity contribution in [3.63, 3.8) is 0 Å². The van der Waals surface area contributed by atoms with Gasteiger partial charge in [-0.2, -0.15) is 0 Å². The molecule has 0 fully saturated rings. The summed E-state index contributed by atoms with van der Waals surface area (Å²) in [5, 5.41) is 0. The fraction of sp³-hybridized carbons (Fsp3) is 0.500. The molecule has 0 aromatic carbocycles. The van der Waals surface area contributed by atoms with E-state index in [0.717, 1.165) is 11.5 Å². The smallest absolute Gasteiger partial charge is 0.213 e. The monoisotopic (exact) mass is 236 g/mol. The minimum absolute atomic E-state index is 0.616. The Morgan fingerprint density at radius 3 is 2.47 bits per heavy atom. The van der Waals surface area contributed by atoms with Crippen LogP contribution in [-0.2, 0) is 6.54 Å².